The summed E-state index contributed by atoms with van der Waals surface area (Å²) in [5, 5.41) is 3.11. The zero-order chi connectivity index (χ0) is 7.52. The normalized spacial score (nSPS) is 15.6. The molecule has 1 radical (unpaired) electrons. The molecule has 1 aliphatic heterocycles. The Bertz CT molecular complexity index is 225. The van der Waals surface area contributed by atoms with E-state index in [-0.39, 0.29) is 0 Å². The maximum Gasteiger partial charge on any atom is 0.237 e. The van der Waals surface area contributed by atoms with Crippen LogP contribution in [0.1, 0.15) is 6.42 Å². The molecule has 0 aromatic carbocycles. The lowest BCUT2D eigenvalue weighted by atomic mass is 10.4. The summed E-state index contributed by atoms with van der Waals surface area (Å²) in [5.41, 5.74) is 0.949. The molecule has 1 aliphatic rings. The summed E-state index contributed by atoms with van der Waals surface area (Å²) >= 11 is 0. The number of nitrogens with one attached hydrogen (secondary N) is 1. The van der Waals surface area contributed by atoms with Gasteiger partial charge in [-0.1, -0.05) is 0 Å². The molecule has 2 heterocycles. The zero-order valence-electron chi connectivity index (χ0n) is 6.08. The van der Waals surface area contributed by atoms with Crippen molar-refractivity contribution in [3.63, 3.8) is 0 Å². The highest BCUT2D eigenvalue weighted by molar-refractivity contribution is 5.53. The molecule has 1 aromatic rings. The average Bonchev–Trinajstić information content (AvgIpc) is 2.28. The molecule has 1 aromatic heterocycles. The maximum atomic E-state index is 5.34. The molecule has 0 aliphatic carbocycles. The van der Waals surface area contributed by atoms with Crippen LogP contribution in [0.5, 0.6) is 5.88 Å². The Morgan fingerprint density at radius 3 is 3.55 bits per heavy atom. The molecule has 57 valence electrons. The number of anilines is 1. The summed E-state index contributed by atoms with van der Waals surface area (Å²) in [5.74, 6) is 0.696. The number of hydrogen-bond donors (Lipinski definition) is 1. The van der Waals surface area contributed by atoms with Crippen LogP contribution in [-0.2, 0) is 0 Å². The van der Waals surface area contributed by atoms with Crippen molar-refractivity contribution in [3.8, 4) is 5.88 Å². The molecule has 0 fully saturated rings. The predicted octanol–water partition coefficient (Wildman–Crippen LogP) is 1.44. The van der Waals surface area contributed by atoms with E-state index < -0.39 is 0 Å². The summed E-state index contributed by atoms with van der Waals surface area (Å²) in [6.45, 7) is 2.69. The fourth-order valence-electron chi connectivity index (χ4n) is 1.01. The molecule has 0 amide bonds. The minimum atomic E-state index is 0.696. The SMILES string of the molecule is [CH]1CCOc2ncccc2N1. The highest BCUT2D eigenvalue weighted by Crippen LogP contribution is 2.23. The summed E-state index contributed by atoms with van der Waals surface area (Å²) in [6.07, 6.45) is 2.64. The van der Waals surface area contributed by atoms with Gasteiger partial charge < -0.3 is 10.1 Å². The first-order chi connectivity index (χ1) is 5.47. The van der Waals surface area contributed by atoms with E-state index in [0.717, 1.165) is 12.1 Å². The molecule has 0 atom stereocenters. The number of rotatable bonds is 0. The quantitative estimate of drug-likeness (QED) is 0.606. The average molecular weight is 149 g/mol. The lowest BCUT2D eigenvalue weighted by molar-refractivity contribution is 0.315. The molecule has 0 saturated carbocycles. The molecule has 0 saturated heterocycles. The monoisotopic (exact) mass is 149 g/mol. The first-order valence-corrected chi connectivity index (χ1v) is 3.63. The minimum absolute atomic E-state index is 0.696. The van der Waals surface area contributed by atoms with E-state index in [4.69, 9.17) is 4.74 Å². The van der Waals surface area contributed by atoms with Gasteiger partial charge in [0.1, 0.15) is 0 Å². The zero-order valence-corrected chi connectivity index (χ0v) is 6.08. The summed E-state index contributed by atoms with van der Waals surface area (Å²) in [4.78, 5) is 4.07. The third-order valence-corrected chi connectivity index (χ3v) is 1.53. The van der Waals surface area contributed by atoms with E-state index in [1.807, 2.05) is 18.7 Å². The number of nitrogens with zero attached hydrogens (tertiary/aromatic N) is 1. The molecular formula is C8H9N2O. The van der Waals surface area contributed by atoms with Gasteiger partial charge in [0, 0.05) is 19.2 Å². The van der Waals surface area contributed by atoms with Crippen LogP contribution in [0, 0.1) is 6.54 Å². The first-order valence-electron chi connectivity index (χ1n) is 3.63. The van der Waals surface area contributed by atoms with Gasteiger partial charge >= 0.3 is 0 Å². The van der Waals surface area contributed by atoms with E-state index in [0.29, 0.717) is 12.5 Å². The van der Waals surface area contributed by atoms with Crippen molar-refractivity contribution in [3.05, 3.63) is 24.9 Å². The van der Waals surface area contributed by atoms with Crippen molar-refractivity contribution < 1.29 is 4.74 Å². The number of pyridine rings is 1. The van der Waals surface area contributed by atoms with Gasteiger partial charge in [-0.15, -0.1) is 0 Å². The summed E-state index contributed by atoms with van der Waals surface area (Å²) < 4.78 is 5.34. The van der Waals surface area contributed by atoms with Crippen LogP contribution < -0.4 is 10.1 Å². The van der Waals surface area contributed by atoms with Gasteiger partial charge in [0.15, 0.2) is 0 Å². The highest BCUT2D eigenvalue weighted by Gasteiger charge is 2.06. The van der Waals surface area contributed by atoms with Crippen LogP contribution in [0.2, 0.25) is 0 Å². The predicted molar refractivity (Wildman–Crippen MR) is 42.3 cm³/mol. The van der Waals surface area contributed by atoms with Crippen LogP contribution in [0.25, 0.3) is 0 Å². The van der Waals surface area contributed by atoms with E-state index in [1.165, 1.54) is 0 Å². The molecule has 1 N–H and O–H groups in total. The third-order valence-electron chi connectivity index (χ3n) is 1.53. The van der Waals surface area contributed by atoms with E-state index in [9.17, 15) is 0 Å². The van der Waals surface area contributed by atoms with Crippen molar-refractivity contribution in [1.29, 1.82) is 0 Å². The smallest absolute Gasteiger partial charge is 0.237 e. The second kappa shape index (κ2) is 2.78. The van der Waals surface area contributed by atoms with E-state index in [2.05, 4.69) is 10.3 Å². The maximum absolute atomic E-state index is 5.34. The van der Waals surface area contributed by atoms with E-state index in [1.54, 1.807) is 6.20 Å². The number of aromatic nitrogens is 1. The molecule has 2 rings (SSSR count). The second-order valence-electron chi connectivity index (χ2n) is 2.34. The topological polar surface area (TPSA) is 34.1 Å². The van der Waals surface area contributed by atoms with Gasteiger partial charge in [-0.25, -0.2) is 4.98 Å². The highest BCUT2D eigenvalue weighted by atomic mass is 16.5. The Hall–Kier alpha value is -1.25. The van der Waals surface area contributed by atoms with Gasteiger partial charge in [0.2, 0.25) is 5.88 Å². The lowest BCUT2D eigenvalue weighted by Crippen LogP contribution is -1.95. The Morgan fingerprint density at radius 2 is 2.55 bits per heavy atom. The van der Waals surface area contributed by atoms with Crippen LogP contribution >= 0.6 is 0 Å². The largest absolute Gasteiger partial charge is 0.476 e. The van der Waals surface area contributed by atoms with Gasteiger partial charge in [-0.05, 0) is 12.1 Å². The lowest BCUT2D eigenvalue weighted by Gasteiger charge is -2.03. The number of ether oxygens (including phenoxy) is 1. The van der Waals surface area contributed by atoms with E-state index >= 15 is 0 Å². The van der Waals surface area contributed by atoms with Crippen molar-refractivity contribution in [2.24, 2.45) is 0 Å². The van der Waals surface area contributed by atoms with Gasteiger partial charge in [-0.2, -0.15) is 0 Å². The van der Waals surface area contributed by atoms with Crippen LogP contribution in [0.4, 0.5) is 5.69 Å². The summed E-state index contributed by atoms with van der Waals surface area (Å²) in [6, 6.07) is 3.83. The Kier molecular flexibility index (Phi) is 1.63. The molecule has 3 heteroatoms. The molecule has 11 heavy (non-hydrogen) atoms. The Morgan fingerprint density at radius 1 is 1.55 bits per heavy atom. The standard InChI is InChI=1S/C8H9N2O/c1-3-7-8(10-4-1)11-6-2-5-9-7/h1,3-5,9H,2,6H2. The van der Waals surface area contributed by atoms with Gasteiger partial charge in [-0.3, -0.25) is 0 Å². The molecule has 0 spiro atoms. The van der Waals surface area contributed by atoms with Crippen LogP contribution in [0.3, 0.4) is 0 Å². The van der Waals surface area contributed by atoms with Crippen molar-refractivity contribution in [2.45, 2.75) is 6.42 Å². The summed E-state index contributed by atoms with van der Waals surface area (Å²) in [7, 11) is 0. The van der Waals surface area contributed by atoms with Crippen molar-refractivity contribution in [2.75, 3.05) is 11.9 Å². The fourth-order valence-corrected chi connectivity index (χ4v) is 1.01. The van der Waals surface area contributed by atoms with Gasteiger partial charge in [0.05, 0.1) is 12.3 Å². The first kappa shape index (κ1) is 6.46. The Labute approximate surface area is 65.4 Å². The fraction of sp³-hybridized carbons (Fsp3) is 0.250. The second-order valence-corrected chi connectivity index (χ2v) is 2.34. The molecule has 0 bridgehead atoms. The van der Waals surface area contributed by atoms with Crippen LogP contribution in [0.15, 0.2) is 18.3 Å². The van der Waals surface area contributed by atoms with Crippen molar-refractivity contribution in [1.82, 2.24) is 4.98 Å². The van der Waals surface area contributed by atoms with Crippen LogP contribution in [-0.4, -0.2) is 11.6 Å². The number of hydrogen-bond acceptors (Lipinski definition) is 3. The third kappa shape index (κ3) is 1.27. The molecule has 3 nitrogen and oxygen atoms in total. The molecular weight excluding hydrogens is 140 g/mol. The van der Waals surface area contributed by atoms with Crippen molar-refractivity contribution >= 4 is 5.69 Å². The Balaban J connectivity index is 2.33. The molecule has 0 unspecified atom stereocenters. The van der Waals surface area contributed by atoms with Gasteiger partial charge in [0.25, 0.3) is 0 Å². The number of fused-ring (bicyclic) bond motifs is 1. The minimum Gasteiger partial charge on any atom is -0.476 e.